The van der Waals surface area contributed by atoms with Gasteiger partial charge in [0.2, 0.25) is 5.91 Å². The molecule has 0 bridgehead atoms. The van der Waals surface area contributed by atoms with Crippen molar-refractivity contribution in [2.75, 3.05) is 25.2 Å². The number of ether oxygens (including phenoxy) is 2. The van der Waals surface area contributed by atoms with Crippen molar-refractivity contribution in [2.24, 2.45) is 0 Å². The van der Waals surface area contributed by atoms with Gasteiger partial charge in [-0.05, 0) is 30.3 Å². The van der Waals surface area contributed by atoms with Crippen LogP contribution in [0.3, 0.4) is 0 Å². The monoisotopic (exact) mass is 365 g/mol. The molecule has 0 aliphatic heterocycles. The molecular formula is C18H20ClNO3S. The van der Waals surface area contributed by atoms with Crippen molar-refractivity contribution in [1.29, 1.82) is 0 Å². The van der Waals surface area contributed by atoms with E-state index in [1.165, 1.54) is 11.8 Å². The summed E-state index contributed by atoms with van der Waals surface area (Å²) >= 11 is 7.35. The molecule has 1 N–H and O–H groups in total. The largest absolute Gasteiger partial charge is 0.496 e. The fourth-order valence-corrected chi connectivity index (χ4v) is 2.77. The minimum absolute atomic E-state index is 0.00241. The number of para-hydroxylation sites is 1. The number of methoxy groups -OCH3 is 1. The average Bonchev–Trinajstić information content (AvgIpc) is 2.61. The van der Waals surface area contributed by atoms with Gasteiger partial charge in [0, 0.05) is 22.9 Å². The Morgan fingerprint density at radius 1 is 1.17 bits per heavy atom. The first kappa shape index (κ1) is 18.5. The topological polar surface area (TPSA) is 47.6 Å². The number of rotatable bonds is 9. The summed E-state index contributed by atoms with van der Waals surface area (Å²) in [5, 5.41) is 3.58. The highest BCUT2D eigenvalue weighted by Crippen LogP contribution is 2.17. The van der Waals surface area contributed by atoms with Crippen LogP contribution in [0.5, 0.6) is 11.5 Å². The van der Waals surface area contributed by atoms with Gasteiger partial charge in [-0.25, -0.2) is 0 Å². The van der Waals surface area contributed by atoms with E-state index in [0.29, 0.717) is 23.9 Å². The molecule has 0 aliphatic carbocycles. The van der Waals surface area contributed by atoms with E-state index < -0.39 is 0 Å². The Hall–Kier alpha value is -1.85. The highest BCUT2D eigenvalue weighted by atomic mass is 35.5. The van der Waals surface area contributed by atoms with Crippen LogP contribution >= 0.6 is 23.4 Å². The number of thioether (sulfide) groups is 1. The second kappa shape index (κ2) is 10.1. The molecule has 0 fully saturated rings. The van der Waals surface area contributed by atoms with Crippen LogP contribution in [0.2, 0.25) is 5.02 Å². The molecule has 0 saturated heterocycles. The third-order valence-corrected chi connectivity index (χ3v) is 4.39. The van der Waals surface area contributed by atoms with Gasteiger partial charge in [0.15, 0.2) is 0 Å². The molecule has 0 atom stereocenters. The number of carbonyl (C=O) groups excluding carboxylic acids is 1. The summed E-state index contributed by atoms with van der Waals surface area (Å²) in [5.74, 6) is 2.70. The minimum Gasteiger partial charge on any atom is -0.496 e. The molecule has 0 aliphatic rings. The van der Waals surface area contributed by atoms with E-state index >= 15 is 0 Å². The normalized spacial score (nSPS) is 10.2. The van der Waals surface area contributed by atoms with Crippen molar-refractivity contribution in [2.45, 2.75) is 6.54 Å². The summed E-state index contributed by atoms with van der Waals surface area (Å²) in [7, 11) is 1.62. The highest BCUT2D eigenvalue weighted by Gasteiger charge is 2.05. The van der Waals surface area contributed by atoms with Gasteiger partial charge in [-0.3, -0.25) is 4.79 Å². The Morgan fingerprint density at radius 3 is 2.67 bits per heavy atom. The predicted octanol–water partition coefficient (Wildman–Crippen LogP) is 3.78. The SMILES string of the molecule is COc1ccccc1CNC(=O)CSCCOc1ccc(Cl)cc1. The molecule has 0 unspecified atom stereocenters. The summed E-state index contributed by atoms with van der Waals surface area (Å²) in [5.41, 5.74) is 0.962. The van der Waals surface area contributed by atoms with Crippen LogP contribution in [0.4, 0.5) is 0 Å². The first-order valence-corrected chi connectivity index (χ1v) is 9.07. The minimum atomic E-state index is -0.00241. The summed E-state index contributed by atoms with van der Waals surface area (Å²) in [6, 6.07) is 14.9. The van der Waals surface area contributed by atoms with Crippen LogP contribution in [-0.2, 0) is 11.3 Å². The molecule has 0 aromatic heterocycles. The maximum Gasteiger partial charge on any atom is 0.230 e. The zero-order valence-corrected chi connectivity index (χ0v) is 15.0. The van der Waals surface area contributed by atoms with Gasteiger partial charge in [-0.15, -0.1) is 11.8 Å². The van der Waals surface area contributed by atoms with Crippen LogP contribution in [-0.4, -0.2) is 31.1 Å². The lowest BCUT2D eigenvalue weighted by Crippen LogP contribution is -2.25. The average molecular weight is 366 g/mol. The van der Waals surface area contributed by atoms with E-state index in [4.69, 9.17) is 21.1 Å². The van der Waals surface area contributed by atoms with E-state index in [9.17, 15) is 4.79 Å². The first-order chi connectivity index (χ1) is 11.7. The molecule has 2 aromatic rings. The van der Waals surface area contributed by atoms with Crippen molar-refractivity contribution in [3.8, 4) is 11.5 Å². The number of halogens is 1. The summed E-state index contributed by atoms with van der Waals surface area (Å²) in [6.45, 7) is 1.01. The van der Waals surface area contributed by atoms with Gasteiger partial charge < -0.3 is 14.8 Å². The molecular weight excluding hydrogens is 346 g/mol. The Bertz CT molecular complexity index is 649. The third kappa shape index (κ3) is 6.34. The Kier molecular flexibility index (Phi) is 7.79. The second-order valence-electron chi connectivity index (χ2n) is 4.94. The molecule has 2 aromatic carbocycles. The van der Waals surface area contributed by atoms with Gasteiger partial charge in [0.05, 0.1) is 19.5 Å². The highest BCUT2D eigenvalue weighted by molar-refractivity contribution is 7.99. The smallest absolute Gasteiger partial charge is 0.230 e. The van der Waals surface area contributed by atoms with E-state index in [-0.39, 0.29) is 5.91 Å². The molecule has 128 valence electrons. The lowest BCUT2D eigenvalue weighted by Gasteiger charge is -2.09. The number of nitrogens with one attached hydrogen (secondary N) is 1. The maximum absolute atomic E-state index is 11.9. The number of hydrogen-bond donors (Lipinski definition) is 1. The maximum atomic E-state index is 11.9. The molecule has 0 heterocycles. The van der Waals surface area contributed by atoms with E-state index in [1.807, 2.05) is 36.4 Å². The molecule has 2 rings (SSSR count). The van der Waals surface area contributed by atoms with Crippen LogP contribution in [0.25, 0.3) is 0 Å². The first-order valence-electron chi connectivity index (χ1n) is 7.54. The molecule has 4 nitrogen and oxygen atoms in total. The Balaban J connectivity index is 1.60. The predicted molar refractivity (Wildman–Crippen MR) is 99.1 cm³/mol. The van der Waals surface area contributed by atoms with Gasteiger partial charge in [-0.1, -0.05) is 29.8 Å². The van der Waals surface area contributed by atoms with E-state index in [2.05, 4.69) is 5.32 Å². The van der Waals surface area contributed by atoms with Crippen LogP contribution in [0.15, 0.2) is 48.5 Å². The molecule has 0 radical (unpaired) electrons. The van der Waals surface area contributed by atoms with Crippen molar-refractivity contribution in [1.82, 2.24) is 5.32 Å². The quantitative estimate of drug-likeness (QED) is 0.687. The molecule has 24 heavy (non-hydrogen) atoms. The van der Waals surface area contributed by atoms with Gasteiger partial charge in [-0.2, -0.15) is 0 Å². The van der Waals surface area contributed by atoms with Crippen LogP contribution < -0.4 is 14.8 Å². The van der Waals surface area contributed by atoms with Crippen LogP contribution in [0.1, 0.15) is 5.56 Å². The Labute approximate surface area is 151 Å². The fraction of sp³-hybridized carbons (Fsp3) is 0.278. The standard InChI is InChI=1S/C18H20ClNO3S/c1-22-17-5-3-2-4-14(17)12-20-18(21)13-24-11-10-23-16-8-6-15(19)7-9-16/h2-9H,10-13H2,1H3,(H,20,21). The number of hydrogen-bond acceptors (Lipinski definition) is 4. The summed E-state index contributed by atoms with van der Waals surface area (Å²) in [4.78, 5) is 11.9. The van der Waals surface area contributed by atoms with Gasteiger partial charge >= 0.3 is 0 Å². The van der Waals surface area contributed by atoms with E-state index in [1.54, 1.807) is 19.2 Å². The van der Waals surface area contributed by atoms with E-state index in [0.717, 1.165) is 22.8 Å². The lowest BCUT2D eigenvalue weighted by molar-refractivity contribution is -0.118. The molecule has 0 spiro atoms. The third-order valence-electron chi connectivity index (χ3n) is 3.21. The summed E-state index contributed by atoms with van der Waals surface area (Å²) in [6.07, 6.45) is 0. The molecule has 1 amide bonds. The number of benzene rings is 2. The van der Waals surface area contributed by atoms with Crippen molar-refractivity contribution in [3.05, 3.63) is 59.1 Å². The number of amides is 1. The van der Waals surface area contributed by atoms with Crippen LogP contribution in [0, 0.1) is 0 Å². The second-order valence-corrected chi connectivity index (χ2v) is 6.49. The van der Waals surface area contributed by atoms with Gasteiger partial charge in [0.25, 0.3) is 0 Å². The zero-order valence-electron chi connectivity index (χ0n) is 13.5. The van der Waals surface area contributed by atoms with Gasteiger partial charge in [0.1, 0.15) is 11.5 Å². The fourth-order valence-electron chi connectivity index (χ4n) is 2.01. The summed E-state index contributed by atoms with van der Waals surface area (Å²) < 4.78 is 10.8. The van der Waals surface area contributed by atoms with Crippen molar-refractivity contribution < 1.29 is 14.3 Å². The van der Waals surface area contributed by atoms with Crippen molar-refractivity contribution >= 4 is 29.3 Å². The molecule has 6 heteroatoms. The zero-order chi connectivity index (χ0) is 17.2. The van der Waals surface area contributed by atoms with Crippen molar-refractivity contribution in [3.63, 3.8) is 0 Å². The lowest BCUT2D eigenvalue weighted by atomic mass is 10.2. The number of carbonyl (C=O) groups is 1. The molecule has 0 saturated carbocycles. The Morgan fingerprint density at radius 2 is 1.92 bits per heavy atom.